The van der Waals surface area contributed by atoms with Crippen LogP contribution >= 0.6 is 11.3 Å². The number of nitrogens with zero attached hydrogens (tertiary/aromatic N) is 2. The summed E-state index contributed by atoms with van der Waals surface area (Å²) >= 11 is 1.83. The summed E-state index contributed by atoms with van der Waals surface area (Å²) in [6.07, 6.45) is 5.30. The summed E-state index contributed by atoms with van der Waals surface area (Å²) in [6, 6.07) is 9.57. The van der Waals surface area contributed by atoms with Crippen LogP contribution in [0.3, 0.4) is 0 Å². The zero-order chi connectivity index (χ0) is 14.4. The third-order valence-electron chi connectivity index (χ3n) is 5.18. The topological polar surface area (TPSA) is 42.2 Å². The monoisotopic (exact) mass is 299 g/mol. The van der Waals surface area contributed by atoms with Crippen LogP contribution in [0.2, 0.25) is 0 Å². The van der Waals surface area contributed by atoms with Crippen molar-refractivity contribution in [1.29, 1.82) is 0 Å². The minimum absolute atomic E-state index is 0.659. The molecule has 3 heterocycles. The van der Waals surface area contributed by atoms with Gasteiger partial charge in [0.25, 0.3) is 0 Å². The number of hydrogen-bond donors (Lipinski definition) is 1. The number of fused-ring (bicyclic) bond motifs is 2. The number of hydrogen-bond acceptors (Lipinski definition) is 4. The summed E-state index contributed by atoms with van der Waals surface area (Å²) in [6.45, 7) is 0. The number of rotatable bonds is 2. The van der Waals surface area contributed by atoms with Crippen molar-refractivity contribution in [2.45, 2.75) is 43.7 Å². The molecule has 0 saturated carbocycles. The van der Waals surface area contributed by atoms with E-state index in [9.17, 15) is 0 Å². The molecule has 2 N–H and O–H groups in total. The Morgan fingerprint density at radius 1 is 1.14 bits per heavy atom. The fourth-order valence-corrected chi connectivity index (χ4v) is 4.83. The Morgan fingerprint density at radius 2 is 1.81 bits per heavy atom. The minimum atomic E-state index is 0.659. The van der Waals surface area contributed by atoms with E-state index in [0.717, 1.165) is 23.5 Å². The van der Waals surface area contributed by atoms with E-state index in [2.05, 4.69) is 29.5 Å². The van der Waals surface area contributed by atoms with Gasteiger partial charge in [-0.05, 0) is 44.9 Å². The van der Waals surface area contributed by atoms with Gasteiger partial charge in [0.1, 0.15) is 0 Å². The molecule has 2 bridgehead atoms. The number of anilines is 1. The largest absolute Gasteiger partial charge is 0.399 e. The smallest absolute Gasteiger partial charge is 0.0964 e. The maximum Gasteiger partial charge on any atom is 0.0964 e. The second kappa shape index (κ2) is 5.11. The molecule has 0 radical (unpaired) electrons. The van der Waals surface area contributed by atoms with Crippen molar-refractivity contribution in [3.05, 3.63) is 34.7 Å². The first-order chi connectivity index (χ1) is 10.2. The molecule has 0 spiro atoms. The van der Waals surface area contributed by atoms with E-state index in [-0.39, 0.29) is 0 Å². The molecule has 4 rings (SSSR count). The van der Waals surface area contributed by atoms with Crippen LogP contribution in [0.4, 0.5) is 5.69 Å². The van der Waals surface area contributed by atoms with E-state index in [1.165, 1.54) is 36.3 Å². The highest BCUT2D eigenvalue weighted by Crippen LogP contribution is 2.43. The summed E-state index contributed by atoms with van der Waals surface area (Å²) in [4.78, 5) is 7.50. The quantitative estimate of drug-likeness (QED) is 0.859. The van der Waals surface area contributed by atoms with Crippen molar-refractivity contribution in [1.82, 2.24) is 9.88 Å². The second-order valence-corrected chi connectivity index (χ2v) is 7.30. The Morgan fingerprint density at radius 3 is 2.48 bits per heavy atom. The van der Waals surface area contributed by atoms with Crippen LogP contribution in [0, 0.1) is 0 Å². The molecule has 2 aliphatic rings. The van der Waals surface area contributed by atoms with E-state index in [4.69, 9.17) is 10.7 Å². The van der Waals surface area contributed by atoms with Crippen molar-refractivity contribution in [2.75, 3.05) is 12.8 Å². The molecule has 2 aromatic rings. The van der Waals surface area contributed by atoms with Crippen LogP contribution in [0.5, 0.6) is 0 Å². The highest BCUT2D eigenvalue weighted by Gasteiger charge is 2.39. The molecule has 1 aromatic carbocycles. The van der Waals surface area contributed by atoms with Gasteiger partial charge in [-0.25, -0.2) is 4.98 Å². The van der Waals surface area contributed by atoms with Gasteiger partial charge in [-0.1, -0.05) is 12.1 Å². The molecule has 3 nitrogen and oxygen atoms in total. The highest BCUT2D eigenvalue weighted by atomic mass is 32.1. The summed E-state index contributed by atoms with van der Waals surface area (Å²) in [5, 5.41) is 3.52. The molecule has 2 fully saturated rings. The first kappa shape index (κ1) is 13.3. The Labute approximate surface area is 129 Å². The molecule has 4 heteroatoms. The molecule has 0 aliphatic carbocycles. The summed E-state index contributed by atoms with van der Waals surface area (Å²) in [7, 11) is 2.29. The van der Waals surface area contributed by atoms with Crippen LogP contribution in [-0.2, 0) is 0 Å². The van der Waals surface area contributed by atoms with E-state index in [1.54, 1.807) is 0 Å². The van der Waals surface area contributed by atoms with Crippen molar-refractivity contribution in [3.63, 3.8) is 0 Å². The summed E-state index contributed by atoms with van der Waals surface area (Å²) in [5.41, 5.74) is 8.83. The average molecular weight is 299 g/mol. The first-order valence-electron chi connectivity index (χ1n) is 7.74. The number of nitrogen functional groups attached to an aromatic ring is 1. The Hall–Kier alpha value is -1.39. The standard InChI is InChI=1S/C17H21N3S/c1-20-14-6-7-15(20)9-12(8-14)17-19-16(10-21-17)11-2-4-13(18)5-3-11/h2-5,10,12,14-15H,6-9,18H2,1H3. The van der Waals surface area contributed by atoms with Crippen LogP contribution in [0.25, 0.3) is 11.3 Å². The zero-order valence-corrected chi connectivity index (χ0v) is 13.1. The number of thiazole rings is 1. The maximum atomic E-state index is 5.75. The third kappa shape index (κ3) is 2.36. The predicted octanol–water partition coefficient (Wildman–Crippen LogP) is 3.73. The van der Waals surface area contributed by atoms with Crippen molar-refractivity contribution >= 4 is 17.0 Å². The highest BCUT2D eigenvalue weighted by molar-refractivity contribution is 7.10. The van der Waals surface area contributed by atoms with E-state index in [1.807, 2.05) is 23.5 Å². The average Bonchev–Trinajstić information content (AvgIpc) is 3.03. The van der Waals surface area contributed by atoms with E-state index >= 15 is 0 Å². The molecule has 21 heavy (non-hydrogen) atoms. The SMILES string of the molecule is CN1C2CCC1CC(c1nc(-c3ccc(N)cc3)cs1)C2. The number of nitrogens with two attached hydrogens (primary N) is 1. The summed E-state index contributed by atoms with van der Waals surface area (Å²) in [5.74, 6) is 0.659. The lowest BCUT2D eigenvalue weighted by molar-refractivity contribution is 0.161. The normalized spacial score (nSPS) is 28.9. The second-order valence-electron chi connectivity index (χ2n) is 6.41. The van der Waals surface area contributed by atoms with E-state index < -0.39 is 0 Å². The Bertz CT molecular complexity index is 620. The van der Waals surface area contributed by atoms with Crippen LogP contribution in [-0.4, -0.2) is 29.0 Å². The van der Waals surface area contributed by atoms with Gasteiger partial charge in [-0.2, -0.15) is 0 Å². The lowest BCUT2D eigenvalue weighted by Crippen LogP contribution is -2.39. The summed E-state index contributed by atoms with van der Waals surface area (Å²) < 4.78 is 0. The van der Waals surface area contributed by atoms with Gasteiger partial charge in [0, 0.05) is 34.6 Å². The molecular formula is C17H21N3S. The van der Waals surface area contributed by atoms with Gasteiger partial charge < -0.3 is 10.6 Å². The molecule has 1 aromatic heterocycles. The van der Waals surface area contributed by atoms with Crippen molar-refractivity contribution < 1.29 is 0 Å². The van der Waals surface area contributed by atoms with Gasteiger partial charge in [0.05, 0.1) is 10.7 Å². The minimum Gasteiger partial charge on any atom is -0.399 e. The lowest BCUT2D eigenvalue weighted by atomic mass is 9.91. The lowest BCUT2D eigenvalue weighted by Gasteiger charge is -2.35. The Balaban J connectivity index is 1.56. The first-order valence-corrected chi connectivity index (χ1v) is 8.62. The van der Waals surface area contributed by atoms with Gasteiger partial charge in [-0.3, -0.25) is 0 Å². The van der Waals surface area contributed by atoms with Gasteiger partial charge >= 0.3 is 0 Å². The van der Waals surface area contributed by atoms with E-state index in [0.29, 0.717) is 5.92 Å². The Kier molecular flexibility index (Phi) is 3.23. The predicted molar refractivity (Wildman–Crippen MR) is 88.5 cm³/mol. The number of benzene rings is 1. The zero-order valence-electron chi connectivity index (χ0n) is 12.3. The van der Waals surface area contributed by atoms with Crippen LogP contribution in [0.15, 0.2) is 29.6 Å². The molecule has 0 amide bonds. The van der Waals surface area contributed by atoms with Crippen molar-refractivity contribution in [3.8, 4) is 11.3 Å². The van der Waals surface area contributed by atoms with Gasteiger partial charge in [0.2, 0.25) is 0 Å². The maximum absolute atomic E-state index is 5.75. The van der Waals surface area contributed by atoms with Crippen LogP contribution < -0.4 is 5.73 Å². The fraction of sp³-hybridized carbons (Fsp3) is 0.471. The van der Waals surface area contributed by atoms with Gasteiger partial charge in [0.15, 0.2) is 0 Å². The molecule has 2 atom stereocenters. The molecule has 2 saturated heterocycles. The molecule has 2 aliphatic heterocycles. The number of piperidine rings is 1. The molecular weight excluding hydrogens is 278 g/mol. The third-order valence-corrected chi connectivity index (χ3v) is 6.18. The molecule has 2 unspecified atom stereocenters. The molecule has 110 valence electrons. The van der Waals surface area contributed by atoms with Crippen LogP contribution in [0.1, 0.15) is 36.6 Å². The van der Waals surface area contributed by atoms with Gasteiger partial charge in [-0.15, -0.1) is 11.3 Å². The number of aromatic nitrogens is 1. The van der Waals surface area contributed by atoms with Crippen molar-refractivity contribution in [2.24, 2.45) is 0 Å². The fourth-order valence-electron chi connectivity index (χ4n) is 3.87.